The molecule has 2 aromatic rings. The van der Waals surface area contributed by atoms with Crippen LogP contribution in [0.1, 0.15) is 16.1 Å². The molecule has 1 aromatic carbocycles. The van der Waals surface area contributed by atoms with Crippen molar-refractivity contribution in [2.45, 2.75) is 12.6 Å². The zero-order chi connectivity index (χ0) is 17.9. The Morgan fingerprint density at radius 1 is 1.23 bits per heavy atom. The number of rotatable bonds is 4. The third-order valence-corrected chi connectivity index (χ3v) is 5.16. The number of amides is 1. The van der Waals surface area contributed by atoms with Crippen LogP contribution in [0.5, 0.6) is 5.75 Å². The zero-order valence-corrected chi connectivity index (χ0v) is 15.0. The van der Waals surface area contributed by atoms with Gasteiger partial charge in [-0.3, -0.25) is 9.69 Å². The molecule has 2 atom stereocenters. The number of hydrogen-bond acceptors (Lipinski definition) is 5. The topological polar surface area (TPSA) is 55.2 Å². The third-order valence-electron chi connectivity index (χ3n) is 5.16. The van der Waals surface area contributed by atoms with Gasteiger partial charge >= 0.3 is 0 Å². The molecule has 2 aliphatic rings. The second-order valence-electron chi connectivity index (χ2n) is 6.94. The van der Waals surface area contributed by atoms with E-state index < -0.39 is 0 Å². The van der Waals surface area contributed by atoms with Gasteiger partial charge in [-0.2, -0.15) is 0 Å². The SMILES string of the molecule is COc1cccc(CN2C[C@H]3CN(C(=O)c4ccco4)CCO[C@@H]3C2)c1. The molecule has 0 saturated carbocycles. The van der Waals surface area contributed by atoms with Crippen LogP contribution in [-0.4, -0.2) is 61.7 Å². The van der Waals surface area contributed by atoms with E-state index in [4.69, 9.17) is 13.9 Å². The van der Waals surface area contributed by atoms with Crippen LogP contribution in [0.15, 0.2) is 47.1 Å². The number of furan rings is 1. The largest absolute Gasteiger partial charge is 0.497 e. The maximum absolute atomic E-state index is 12.6. The Hall–Kier alpha value is -2.31. The number of likely N-dealkylation sites (tertiary alicyclic amines) is 1. The first-order valence-corrected chi connectivity index (χ1v) is 9.02. The zero-order valence-electron chi connectivity index (χ0n) is 15.0. The summed E-state index contributed by atoms with van der Waals surface area (Å²) in [5.74, 6) is 1.55. The van der Waals surface area contributed by atoms with Crippen molar-refractivity contribution in [3.63, 3.8) is 0 Å². The minimum atomic E-state index is -0.0505. The van der Waals surface area contributed by atoms with E-state index in [0.717, 1.165) is 25.4 Å². The van der Waals surface area contributed by atoms with Crippen LogP contribution in [0.4, 0.5) is 0 Å². The lowest BCUT2D eigenvalue weighted by molar-refractivity contribution is 0.0498. The number of benzene rings is 1. The molecule has 0 N–H and O–H groups in total. The molecule has 3 heterocycles. The smallest absolute Gasteiger partial charge is 0.289 e. The van der Waals surface area contributed by atoms with E-state index in [2.05, 4.69) is 17.0 Å². The van der Waals surface area contributed by atoms with Gasteiger partial charge in [-0.1, -0.05) is 12.1 Å². The van der Waals surface area contributed by atoms with Gasteiger partial charge in [-0.25, -0.2) is 0 Å². The Bertz CT molecular complexity index is 746. The molecular formula is C20H24N2O4. The normalized spacial score (nSPS) is 23.5. The Morgan fingerprint density at radius 3 is 2.96 bits per heavy atom. The van der Waals surface area contributed by atoms with Crippen LogP contribution >= 0.6 is 0 Å². The molecule has 2 aliphatic heterocycles. The maximum Gasteiger partial charge on any atom is 0.289 e. The molecule has 2 saturated heterocycles. The first-order valence-electron chi connectivity index (χ1n) is 9.02. The van der Waals surface area contributed by atoms with E-state index in [0.29, 0.717) is 31.4 Å². The molecule has 26 heavy (non-hydrogen) atoms. The van der Waals surface area contributed by atoms with E-state index >= 15 is 0 Å². The molecule has 1 amide bonds. The minimum Gasteiger partial charge on any atom is -0.497 e. The second-order valence-corrected chi connectivity index (χ2v) is 6.94. The Morgan fingerprint density at radius 2 is 2.15 bits per heavy atom. The lowest BCUT2D eigenvalue weighted by Gasteiger charge is -2.23. The van der Waals surface area contributed by atoms with Crippen LogP contribution in [0, 0.1) is 5.92 Å². The van der Waals surface area contributed by atoms with Crippen LogP contribution < -0.4 is 4.74 Å². The highest BCUT2D eigenvalue weighted by Crippen LogP contribution is 2.26. The van der Waals surface area contributed by atoms with Gasteiger partial charge in [0.1, 0.15) is 5.75 Å². The predicted octanol–water partition coefficient (Wildman–Crippen LogP) is 2.26. The summed E-state index contributed by atoms with van der Waals surface area (Å²) in [5.41, 5.74) is 1.23. The summed E-state index contributed by atoms with van der Waals surface area (Å²) in [6.45, 7) is 4.57. The van der Waals surface area contributed by atoms with Crippen molar-refractivity contribution in [2.75, 3.05) is 39.9 Å². The van der Waals surface area contributed by atoms with Crippen molar-refractivity contribution in [2.24, 2.45) is 5.92 Å². The van der Waals surface area contributed by atoms with Crippen molar-refractivity contribution < 1.29 is 18.7 Å². The Labute approximate surface area is 153 Å². The molecule has 0 aliphatic carbocycles. The van der Waals surface area contributed by atoms with E-state index in [1.165, 1.54) is 11.8 Å². The van der Waals surface area contributed by atoms with Gasteiger partial charge in [0.2, 0.25) is 0 Å². The third kappa shape index (κ3) is 3.61. The summed E-state index contributed by atoms with van der Waals surface area (Å²) in [6, 6.07) is 11.6. The summed E-state index contributed by atoms with van der Waals surface area (Å²) in [7, 11) is 1.69. The Kier molecular flexibility index (Phi) is 4.95. The number of carbonyl (C=O) groups excluding carboxylic acids is 1. The van der Waals surface area contributed by atoms with E-state index in [1.54, 1.807) is 19.2 Å². The molecule has 6 heteroatoms. The van der Waals surface area contributed by atoms with Crippen LogP contribution in [0.2, 0.25) is 0 Å². The number of carbonyl (C=O) groups is 1. The quantitative estimate of drug-likeness (QED) is 0.841. The molecule has 138 valence electrons. The van der Waals surface area contributed by atoms with E-state index in [9.17, 15) is 4.79 Å². The van der Waals surface area contributed by atoms with Crippen LogP contribution in [-0.2, 0) is 11.3 Å². The standard InChI is InChI=1S/C20H24N2O4/c1-24-17-5-2-4-15(10-17)11-21-12-16-13-22(7-9-26-19(16)14-21)20(23)18-6-3-8-25-18/h2-6,8,10,16,19H,7,9,11-14H2,1H3/t16-,19+/m0/s1. The average molecular weight is 356 g/mol. The summed E-state index contributed by atoms with van der Waals surface area (Å²) in [5, 5.41) is 0. The number of nitrogens with zero attached hydrogens (tertiary/aromatic N) is 2. The molecule has 0 spiro atoms. The summed E-state index contributed by atoms with van der Waals surface area (Å²) >= 11 is 0. The summed E-state index contributed by atoms with van der Waals surface area (Å²) in [4.78, 5) is 16.8. The highest BCUT2D eigenvalue weighted by molar-refractivity contribution is 5.91. The van der Waals surface area contributed by atoms with Crippen molar-refractivity contribution in [1.82, 2.24) is 9.80 Å². The summed E-state index contributed by atoms with van der Waals surface area (Å²) in [6.07, 6.45) is 1.71. The highest BCUT2D eigenvalue weighted by atomic mass is 16.5. The van der Waals surface area contributed by atoms with Gasteiger partial charge in [0.05, 0.1) is 26.1 Å². The van der Waals surface area contributed by atoms with Gasteiger partial charge in [0.25, 0.3) is 5.91 Å². The predicted molar refractivity (Wildman–Crippen MR) is 96.1 cm³/mol. The first kappa shape index (κ1) is 17.1. The molecule has 2 fully saturated rings. The van der Waals surface area contributed by atoms with E-state index in [1.807, 2.05) is 17.0 Å². The van der Waals surface area contributed by atoms with Crippen molar-refractivity contribution >= 4 is 5.91 Å². The molecule has 0 bridgehead atoms. The molecular weight excluding hydrogens is 332 g/mol. The molecule has 0 radical (unpaired) electrons. The first-order chi connectivity index (χ1) is 12.7. The fourth-order valence-corrected chi connectivity index (χ4v) is 3.88. The van der Waals surface area contributed by atoms with Gasteiger partial charge < -0.3 is 18.8 Å². The fraction of sp³-hybridized carbons (Fsp3) is 0.450. The van der Waals surface area contributed by atoms with Crippen molar-refractivity contribution in [1.29, 1.82) is 0 Å². The fourth-order valence-electron chi connectivity index (χ4n) is 3.88. The van der Waals surface area contributed by atoms with Gasteiger partial charge in [-0.05, 0) is 29.8 Å². The minimum absolute atomic E-state index is 0.0505. The van der Waals surface area contributed by atoms with Crippen molar-refractivity contribution in [3.05, 3.63) is 54.0 Å². The molecule has 4 rings (SSSR count). The number of hydrogen-bond donors (Lipinski definition) is 0. The number of fused-ring (bicyclic) bond motifs is 1. The summed E-state index contributed by atoms with van der Waals surface area (Å²) < 4.78 is 16.6. The number of ether oxygens (including phenoxy) is 2. The molecule has 0 unspecified atom stereocenters. The van der Waals surface area contributed by atoms with Gasteiger partial charge in [-0.15, -0.1) is 0 Å². The second kappa shape index (κ2) is 7.51. The van der Waals surface area contributed by atoms with Crippen molar-refractivity contribution in [3.8, 4) is 5.75 Å². The van der Waals surface area contributed by atoms with Crippen LogP contribution in [0.25, 0.3) is 0 Å². The lowest BCUT2D eigenvalue weighted by Crippen LogP contribution is -2.37. The Balaban J connectivity index is 1.40. The molecule has 6 nitrogen and oxygen atoms in total. The van der Waals surface area contributed by atoms with Crippen LogP contribution in [0.3, 0.4) is 0 Å². The lowest BCUT2D eigenvalue weighted by atomic mass is 10.1. The molecule has 1 aromatic heterocycles. The highest BCUT2D eigenvalue weighted by Gasteiger charge is 2.38. The monoisotopic (exact) mass is 356 g/mol. The maximum atomic E-state index is 12.6. The van der Waals surface area contributed by atoms with E-state index in [-0.39, 0.29) is 12.0 Å². The number of methoxy groups -OCH3 is 1. The average Bonchev–Trinajstić information content (AvgIpc) is 3.27. The van der Waals surface area contributed by atoms with Gasteiger partial charge in [0.15, 0.2) is 5.76 Å². The van der Waals surface area contributed by atoms with Gasteiger partial charge in [0, 0.05) is 38.6 Å².